The third kappa shape index (κ3) is 6.97. The van der Waals surface area contributed by atoms with Gasteiger partial charge in [0.15, 0.2) is 5.13 Å². The molecule has 1 amide bonds. The van der Waals surface area contributed by atoms with Crippen LogP contribution in [0.15, 0.2) is 64.1 Å². The number of hydrogen-bond donors (Lipinski definition) is 2. The van der Waals surface area contributed by atoms with Crippen LogP contribution in [0.2, 0.25) is 0 Å². The average molecular weight is 613 g/mol. The van der Waals surface area contributed by atoms with E-state index in [9.17, 15) is 18.0 Å². The van der Waals surface area contributed by atoms with Crippen molar-refractivity contribution in [2.45, 2.75) is 55.9 Å². The molecule has 3 aromatic heterocycles. The van der Waals surface area contributed by atoms with E-state index in [4.69, 9.17) is 14.3 Å². The third-order valence-corrected chi connectivity index (χ3v) is 10.2. The SMILES string of the molecule is COc1ccc2nc(NC(=O)C(CC3CCCC3)c3ccc(S(=O)(=O)N(CCC(=O)O)Cc4ccco4)cc3)sc2n1. The number of carboxylic acid groups (broad SMARTS) is 1. The molecule has 13 heteroatoms. The Balaban J connectivity index is 1.38. The maximum atomic E-state index is 13.6. The van der Waals surface area contributed by atoms with Crippen molar-refractivity contribution in [2.75, 3.05) is 19.0 Å². The van der Waals surface area contributed by atoms with Crippen LogP contribution in [-0.2, 0) is 26.2 Å². The van der Waals surface area contributed by atoms with Crippen LogP contribution in [0.3, 0.4) is 0 Å². The molecular weight excluding hydrogens is 580 g/mol. The second-order valence-electron chi connectivity index (χ2n) is 10.3. The van der Waals surface area contributed by atoms with Gasteiger partial charge >= 0.3 is 5.97 Å². The summed E-state index contributed by atoms with van der Waals surface area (Å²) in [6, 6.07) is 13.1. The maximum absolute atomic E-state index is 13.6. The molecule has 11 nitrogen and oxygen atoms in total. The van der Waals surface area contributed by atoms with E-state index in [0.29, 0.717) is 45.0 Å². The minimum absolute atomic E-state index is 0.00872. The van der Waals surface area contributed by atoms with Gasteiger partial charge in [-0.3, -0.25) is 9.59 Å². The number of aliphatic carboxylic acids is 1. The molecule has 4 aromatic rings. The Bertz CT molecular complexity index is 1630. The van der Waals surface area contributed by atoms with Gasteiger partial charge in [-0.1, -0.05) is 49.2 Å². The second kappa shape index (κ2) is 13.0. The summed E-state index contributed by atoms with van der Waals surface area (Å²) in [7, 11) is -2.51. The van der Waals surface area contributed by atoms with Crippen molar-refractivity contribution in [2.24, 2.45) is 5.92 Å². The average Bonchev–Trinajstić information content (AvgIpc) is 3.76. The van der Waals surface area contributed by atoms with Gasteiger partial charge < -0.3 is 19.6 Å². The van der Waals surface area contributed by atoms with Crippen molar-refractivity contribution in [1.82, 2.24) is 14.3 Å². The Morgan fingerprint density at radius 3 is 2.57 bits per heavy atom. The number of pyridine rings is 1. The number of amides is 1. The molecule has 222 valence electrons. The van der Waals surface area contributed by atoms with E-state index in [-0.39, 0.29) is 30.3 Å². The fourth-order valence-corrected chi connectivity index (χ4v) is 7.48. The van der Waals surface area contributed by atoms with Gasteiger partial charge in [-0.2, -0.15) is 4.31 Å². The van der Waals surface area contributed by atoms with Gasteiger partial charge in [-0.05, 0) is 48.2 Å². The molecule has 1 fully saturated rings. The molecule has 1 unspecified atom stereocenters. The summed E-state index contributed by atoms with van der Waals surface area (Å²) in [5, 5.41) is 12.5. The van der Waals surface area contributed by atoms with E-state index in [2.05, 4.69) is 15.3 Å². The fraction of sp³-hybridized carbons (Fsp3) is 0.379. The van der Waals surface area contributed by atoms with E-state index >= 15 is 0 Å². The predicted molar refractivity (Wildman–Crippen MR) is 157 cm³/mol. The number of fused-ring (bicyclic) bond motifs is 1. The topological polar surface area (TPSA) is 152 Å². The van der Waals surface area contributed by atoms with Gasteiger partial charge in [-0.25, -0.2) is 18.4 Å². The number of rotatable bonds is 13. The Morgan fingerprint density at radius 2 is 1.90 bits per heavy atom. The molecule has 2 N–H and O–H groups in total. The van der Waals surface area contributed by atoms with Gasteiger partial charge in [0.1, 0.15) is 16.1 Å². The highest BCUT2D eigenvalue weighted by atomic mass is 32.2. The summed E-state index contributed by atoms with van der Waals surface area (Å²) in [6.45, 7) is -0.310. The van der Waals surface area contributed by atoms with Gasteiger partial charge in [0.2, 0.25) is 21.8 Å². The minimum atomic E-state index is -4.04. The molecule has 0 saturated heterocycles. The number of anilines is 1. The van der Waals surface area contributed by atoms with Crippen LogP contribution in [0, 0.1) is 5.92 Å². The van der Waals surface area contributed by atoms with Crippen LogP contribution in [0.5, 0.6) is 5.88 Å². The van der Waals surface area contributed by atoms with Crippen molar-refractivity contribution >= 4 is 48.7 Å². The molecule has 0 spiro atoms. The zero-order valence-electron chi connectivity index (χ0n) is 23.1. The number of thiazole rings is 1. The molecule has 1 saturated carbocycles. The highest BCUT2D eigenvalue weighted by Crippen LogP contribution is 2.36. The first-order valence-electron chi connectivity index (χ1n) is 13.7. The number of hydrogen-bond acceptors (Lipinski definition) is 9. The molecule has 0 radical (unpaired) electrons. The Hall–Kier alpha value is -3.81. The first-order valence-corrected chi connectivity index (χ1v) is 16.0. The van der Waals surface area contributed by atoms with Crippen LogP contribution in [0.25, 0.3) is 10.3 Å². The molecule has 0 bridgehead atoms. The van der Waals surface area contributed by atoms with E-state index in [1.54, 1.807) is 36.4 Å². The lowest BCUT2D eigenvalue weighted by molar-refractivity contribution is -0.137. The molecule has 1 atom stereocenters. The van der Waals surface area contributed by atoms with Gasteiger partial charge in [0.05, 0.1) is 37.2 Å². The van der Waals surface area contributed by atoms with E-state index < -0.39 is 21.9 Å². The number of carbonyl (C=O) groups is 2. The molecule has 1 aliphatic rings. The fourth-order valence-electron chi connectivity index (χ4n) is 5.24. The van der Waals surface area contributed by atoms with Crippen LogP contribution >= 0.6 is 11.3 Å². The van der Waals surface area contributed by atoms with Crippen LogP contribution in [0.1, 0.15) is 55.8 Å². The zero-order valence-corrected chi connectivity index (χ0v) is 24.7. The maximum Gasteiger partial charge on any atom is 0.304 e. The highest BCUT2D eigenvalue weighted by Gasteiger charge is 2.30. The molecule has 0 aliphatic heterocycles. The monoisotopic (exact) mass is 612 g/mol. The quantitative estimate of drug-likeness (QED) is 0.206. The number of methoxy groups -OCH3 is 1. The van der Waals surface area contributed by atoms with E-state index in [0.717, 1.165) is 30.0 Å². The van der Waals surface area contributed by atoms with E-state index in [1.807, 2.05) is 0 Å². The van der Waals surface area contributed by atoms with Crippen molar-refractivity contribution in [3.63, 3.8) is 0 Å². The number of carboxylic acids is 1. The number of nitrogens with one attached hydrogen (secondary N) is 1. The predicted octanol–water partition coefficient (Wildman–Crippen LogP) is 5.26. The summed E-state index contributed by atoms with van der Waals surface area (Å²) < 4.78 is 38.6. The van der Waals surface area contributed by atoms with E-state index in [1.165, 1.54) is 36.8 Å². The number of ether oxygens (including phenoxy) is 1. The summed E-state index contributed by atoms with van der Waals surface area (Å²) in [5.41, 5.74) is 1.35. The first-order chi connectivity index (χ1) is 20.2. The molecule has 3 heterocycles. The van der Waals surface area contributed by atoms with Crippen molar-refractivity contribution in [3.05, 3.63) is 66.1 Å². The Morgan fingerprint density at radius 1 is 1.14 bits per heavy atom. The smallest absolute Gasteiger partial charge is 0.304 e. The van der Waals surface area contributed by atoms with Crippen molar-refractivity contribution in [1.29, 1.82) is 0 Å². The number of benzene rings is 1. The zero-order chi connectivity index (χ0) is 29.7. The number of sulfonamides is 1. The summed E-state index contributed by atoms with van der Waals surface area (Å²) in [4.78, 5) is 34.4. The largest absolute Gasteiger partial charge is 0.481 e. The van der Waals surface area contributed by atoms with Gasteiger partial charge in [0, 0.05) is 12.6 Å². The lowest BCUT2D eigenvalue weighted by atomic mass is 9.87. The standard InChI is InChI=1S/C29H32N4O7S2/c1-39-25-13-12-24-28(31-25)41-29(30-24)32-27(36)23(17-19-5-2-3-6-19)20-8-10-22(11-9-20)42(37,38)33(15-14-26(34)35)18-21-7-4-16-40-21/h4,7-13,16,19,23H,2-3,5-6,14-15,17-18H2,1H3,(H,34,35)(H,30,32,36). The number of nitrogens with zero attached hydrogens (tertiary/aromatic N) is 3. The number of carbonyl (C=O) groups excluding carboxylic acids is 1. The molecular formula is C29H32N4O7S2. The molecule has 1 aliphatic carbocycles. The Labute approximate surface area is 247 Å². The normalized spacial score (nSPS) is 14.8. The van der Waals surface area contributed by atoms with Crippen LogP contribution in [0.4, 0.5) is 5.13 Å². The molecule has 42 heavy (non-hydrogen) atoms. The van der Waals surface area contributed by atoms with Gasteiger partial charge in [-0.15, -0.1) is 0 Å². The lowest BCUT2D eigenvalue weighted by Gasteiger charge is -2.22. The van der Waals surface area contributed by atoms with Crippen LogP contribution < -0.4 is 10.1 Å². The molecule has 1 aromatic carbocycles. The summed E-state index contributed by atoms with van der Waals surface area (Å²) in [5.74, 6) is -0.574. The Kier molecular flexibility index (Phi) is 9.19. The van der Waals surface area contributed by atoms with Crippen molar-refractivity contribution < 1.29 is 32.3 Å². The summed E-state index contributed by atoms with van der Waals surface area (Å²) in [6.07, 6.45) is 6.07. The number of aromatic nitrogens is 2. The second-order valence-corrected chi connectivity index (χ2v) is 13.2. The minimum Gasteiger partial charge on any atom is -0.481 e. The lowest BCUT2D eigenvalue weighted by Crippen LogP contribution is -2.32. The first kappa shape index (κ1) is 29.7. The van der Waals surface area contributed by atoms with Gasteiger partial charge in [0.25, 0.3) is 0 Å². The third-order valence-electron chi connectivity index (χ3n) is 7.44. The van der Waals surface area contributed by atoms with Crippen LogP contribution in [-0.4, -0.2) is 53.3 Å². The number of furan rings is 1. The molecule has 5 rings (SSSR count). The highest BCUT2D eigenvalue weighted by molar-refractivity contribution is 7.89. The van der Waals surface area contributed by atoms with Crippen molar-refractivity contribution in [3.8, 4) is 5.88 Å². The summed E-state index contributed by atoms with van der Waals surface area (Å²) >= 11 is 1.26.